The fraction of sp³-hybridized carbons (Fsp3) is 0.556. The molecule has 1 amide bonds. The molecule has 2 aliphatic heterocycles. The van der Waals surface area contributed by atoms with Gasteiger partial charge in [-0.3, -0.25) is 9.59 Å². The first-order valence-corrected chi connectivity index (χ1v) is 8.35. The van der Waals surface area contributed by atoms with E-state index in [2.05, 4.69) is 5.32 Å². The van der Waals surface area contributed by atoms with Crippen molar-refractivity contribution in [1.29, 1.82) is 0 Å². The third-order valence-corrected chi connectivity index (χ3v) is 5.42. The summed E-state index contributed by atoms with van der Waals surface area (Å²) in [6.07, 6.45) is 2.32. The number of ether oxygens (including phenoxy) is 1. The highest BCUT2D eigenvalue weighted by atomic mass is 16.5. The molecular formula is C18H24N2O4. The van der Waals surface area contributed by atoms with E-state index in [0.717, 1.165) is 24.9 Å². The number of carboxylic acids is 1. The second-order valence-electron chi connectivity index (χ2n) is 6.92. The second kappa shape index (κ2) is 6.43. The van der Waals surface area contributed by atoms with E-state index in [-0.39, 0.29) is 11.3 Å². The number of aliphatic carboxylic acids is 1. The van der Waals surface area contributed by atoms with Crippen LogP contribution in [0.4, 0.5) is 0 Å². The van der Waals surface area contributed by atoms with E-state index < -0.39 is 12.0 Å². The molecule has 1 atom stereocenters. The highest BCUT2D eigenvalue weighted by Crippen LogP contribution is 2.40. The number of carboxylic acid groups (broad SMARTS) is 1. The molecule has 0 aliphatic carbocycles. The number of aryl methyl sites for hydroxylation is 1. The maximum atomic E-state index is 12.8. The van der Waals surface area contributed by atoms with Gasteiger partial charge >= 0.3 is 5.97 Å². The number of carbonyl (C=O) groups is 2. The zero-order valence-corrected chi connectivity index (χ0v) is 14.2. The molecule has 24 heavy (non-hydrogen) atoms. The minimum atomic E-state index is -0.783. The first-order chi connectivity index (χ1) is 11.5. The topological polar surface area (TPSA) is 78.9 Å². The van der Waals surface area contributed by atoms with Crippen LogP contribution in [0.5, 0.6) is 5.75 Å². The van der Waals surface area contributed by atoms with E-state index in [1.165, 1.54) is 0 Å². The Morgan fingerprint density at radius 2 is 2.04 bits per heavy atom. The van der Waals surface area contributed by atoms with Crippen LogP contribution in [0.25, 0.3) is 0 Å². The molecule has 0 saturated carbocycles. The van der Waals surface area contributed by atoms with Crippen molar-refractivity contribution in [2.45, 2.75) is 32.2 Å². The first kappa shape index (κ1) is 16.8. The largest absolute Gasteiger partial charge is 0.496 e. The van der Waals surface area contributed by atoms with E-state index in [0.29, 0.717) is 30.8 Å². The predicted molar refractivity (Wildman–Crippen MR) is 89.3 cm³/mol. The van der Waals surface area contributed by atoms with E-state index >= 15 is 0 Å². The maximum Gasteiger partial charge on any atom is 0.320 e. The quantitative estimate of drug-likeness (QED) is 0.880. The molecule has 0 aromatic heterocycles. The van der Waals surface area contributed by atoms with Crippen molar-refractivity contribution in [2.24, 2.45) is 5.41 Å². The lowest BCUT2D eigenvalue weighted by atomic mass is 9.76. The summed E-state index contributed by atoms with van der Waals surface area (Å²) in [4.78, 5) is 25.8. The molecule has 6 nitrogen and oxygen atoms in total. The van der Waals surface area contributed by atoms with Gasteiger partial charge in [0.05, 0.1) is 12.7 Å². The smallest absolute Gasteiger partial charge is 0.320 e. The Bertz CT molecular complexity index is 650. The maximum absolute atomic E-state index is 12.8. The zero-order chi connectivity index (χ0) is 17.3. The molecule has 2 heterocycles. The number of rotatable bonds is 3. The van der Waals surface area contributed by atoms with Crippen molar-refractivity contribution in [2.75, 3.05) is 26.7 Å². The van der Waals surface area contributed by atoms with Crippen LogP contribution >= 0.6 is 0 Å². The molecule has 1 aromatic carbocycles. The van der Waals surface area contributed by atoms with Gasteiger partial charge in [-0.05, 0) is 43.2 Å². The Morgan fingerprint density at radius 1 is 1.33 bits per heavy atom. The molecule has 0 radical (unpaired) electrons. The Labute approximate surface area is 141 Å². The van der Waals surface area contributed by atoms with Crippen LogP contribution < -0.4 is 10.1 Å². The lowest BCUT2D eigenvalue weighted by Gasteiger charge is -2.39. The summed E-state index contributed by atoms with van der Waals surface area (Å²) in [6, 6.07) is 5.14. The van der Waals surface area contributed by atoms with Crippen LogP contribution in [0.15, 0.2) is 18.2 Å². The van der Waals surface area contributed by atoms with Crippen molar-refractivity contribution in [3.63, 3.8) is 0 Å². The fourth-order valence-corrected chi connectivity index (χ4v) is 3.92. The first-order valence-electron chi connectivity index (χ1n) is 8.35. The van der Waals surface area contributed by atoms with E-state index in [1.54, 1.807) is 13.2 Å². The number of hydrogen-bond acceptors (Lipinski definition) is 4. The Balaban J connectivity index is 1.68. The molecule has 0 bridgehead atoms. The number of benzene rings is 1. The van der Waals surface area contributed by atoms with Crippen LogP contribution in [-0.4, -0.2) is 54.7 Å². The monoisotopic (exact) mass is 332 g/mol. The third-order valence-electron chi connectivity index (χ3n) is 5.42. The Hall–Kier alpha value is -2.08. The standard InChI is InChI=1S/C18H24N2O4/c1-12-4-3-5-13(15(12)24-2)16(21)20-8-6-18(7-9-20)10-14(17(22)23)19-11-18/h3-5,14,19H,6-11H2,1-2H3,(H,22,23). The molecule has 2 saturated heterocycles. The minimum Gasteiger partial charge on any atom is -0.496 e. The summed E-state index contributed by atoms with van der Waals surface area (Å²) in [5, 5.41) is 12.3. The summed E-state index contributed by atoms with van der Waals surface area (Å²) < 4.78 is 5.40. The van der Waals surface area contributed by atoms with Crippen LogP contribution in [0.2, 0.25) is 0 Å². The van der Waals surface area contributed by atoms with Crippen molar-refractivity contribution < 1.29 is 19.4 Å². The van der Waals surface area contributed by atoms with Crippen LogP contribution in [0.3, 0.4) is 0 Å². The summed E-state index contributed by atoms with van der Waals surface area (Å²) in [6.45, 7) is 3.96. The number of carbonyl (C=O) groups excluding carboxylic acids is 1. The molecule has 6 heteroatoms. The molecule has 130 valence electrons. The number of para-hydroxylation sites is 1. The lowest BCUT2D eigenvalue weighted by molar-refractivity contribution is -0.139. The number of nitrogens with one attached hydrogen (secondary N) is 1. The highest BCUT2D eigenvalue weighted by molar-refractivity contribution is 5.97. The summed E-state index contributed by atoms with van der Waals surface area (Å²) in [5.74, 6) is -0.155. The number of piperidine rings is 1. The number of nitrogens with zero attached hydrogens (tertiary/aromatic N) is 1. The van der Waals surface area contributed by atoms with Gasteiger partial charge in [-0.1, -0.05) is 12.1 Å². The van der Waals surface area contributed by atoms with Crippen molar-refractivity contribution in [1.82, 2.24) is 10.2 Å². The van der Waals surface area contributed by atoms with Crippen molar-refractivity contribution in [3.05, 3.63) is 29.3 Å². The molecule has 2 fully saturated rings. The Kier molecular flexibility index (Phi) is 4.49. The van der Waals surface area contributed by atoms with Crippen LogP contribution in [0.1, 0.15) is 35.2 Å². The normalized spacial score (nSPS) is 22.6. The van der Waals surface area contributed by atoms with Gasteiger partial charge in [-0.15, -0.1) is 0 Å². The molecule has 1 aromatic rings. The SMILES string of the molecule is COc1c(C)cccc1C(=O)N1CCC2(CC1)CNC(C(=O)O)C2. The molecule has 2 N–H and O–H groups in total. The second-order valence-corrected chi connectivity index (χ2v) is 6.92. The van der Waals surface area contributed by atoms with Crippen molar-refractivity contribution in [3.8, 4) is 5.75 Å². The minimum absolute atomic E-state index is 0.00820. The fourth-order valence-electron chi connectivity index (χ4n) is 3.92. The van der Waals surface area contributed by atoms with Gasteiger partial charge in [-0.25, -0.2) is 0 Å². The van der Waals surface area contributed by atoms with Crippen molar-refractivity contribution >= 4 is 11.9 Å². The average Bonchev–Trinajstić information content (AvgIpc) is 2.99. The van der Waals surface area contributed by atoms with Gasteiger partial charge in [0.1, 0.15) is 11.8 Å². The lowest BCUT2D eigenvalue weighted by Crippen LogP contribution is -2.44. The Morgan fingerprint density at radius 3 is 2.62 bits per heavy atom. The van der Waals surface area contributed by atoms with Gasteiger partial charge in [0.15, 0.2) is 0 Å². The third kappa shape index (κ3) is 2.98. The summed E-state index contributed by atoms with van der Waals surface area (Å²) in [5.41, 5.74) is 1.55. The molecule has 1 unspecified atom stereocenters. The van der Waals surface area contributed by atoms with Gasteiger partial charge < -0.3 is 20.1 Å². The number of amides is 1. The number of hydrogen-bond donors (Lipinski definition) is 2. The number of methoxy groups -OCH3 is 1. The summed E-state index contributed by atoms with van der Waals surface area (Å²) in [7, 11) is 1.58. The van der Waals surface area contributed by atoms with Gasteiger partial charge in [0.25, 0.3) is 5.91 Å². The molecular weight excluding hydrogens is 308 g/mol. The van der Waals surface area contributed by atoms with Crippen LogP contribution in [0, 0.1) is 12.3 Å². The zero-order valence-electron chi connectivity index (χ0n) is 14.2. The van der Waals surface area contributed by atoms with E-state index in [4.69, 9.17) is 9.84 Å². The summed E-state index contributed by atoms with van der Waals surface area (Å²) >= 11 is 0. The van der Waals surface area contributed by atoms with Gasteiger partial charge in [0.2, 0.25) is 0 Å². The van der Waals surface area contributed by atoms with E-state index in [9.17, 15) is 9.59 Å². The number of likely N-dealkylation sites (tertiary alicyclic amines) is 1. The van der Waals surface area contributed by atoms with Gasteiger partial charge in [-0.2, -0.15) is 0 Å². The van der Waals surface area contributed by atoms with Gasteiger partial charge in [0, 0.05) is 19.6 Å². The molecule has 2 aliphatic rings. The average molecular weight is 332 g/mol. The molecule has 1 spiro atoms. The van der Waals surface area contributed by atoms with Crippen LogP contribution in [-0.2, 0) is 4.79 Å². The molecule has 3 rings (SSSR count). The van der Waals surface area contributed by atoms with E-state index in [1.807, 2.05) is 24.0 Å². The predicted octanol–water partition coefficient (Wildman–Crippen LogP) is 1.67. The highest BCUT2D eigenvalue weighted by Gasteiger charge is 2.44.